The highest BCUT2D eigenvalue weighted by Crippen LogP contribution is 2.25. The number of aryl methyl sites for hydroxylation is 1. The van der Waals surface area contributed by atoms with E-state index in [1.807, 2.05) is 25.1 Å². The number of benzene rings is 1. The number of thiocarbonyl (C=S) groups is 1. The Labute approximate surface area is 149 Å². The quantitative estimate of drug-likeness (QED) is 0.410. The zero-order valence-electron chi connectivity index (χ0n) is 12.4. The molecule has 0 heterocycles. The highest BCUT2D eigenvalue weighted by molar-refractivity contribution is 9.10. The minimum absolute atomic E-state index is 0.0945. The Bertz CT molecular complexity index is 548. The van der Waals surface area contributed by atoms with Crippen molar-refractivity contribution in [2.75, 3.05) is 5.75 Å². The van der Waals surface area contributed by atoms with Gasteiger partial charge in [0.1, 0.15) is 0 Å². The fraction of sp³-hybridized carbons (Fsp3) is 0.467. The Balaban J connectivity index is 1.68. The average molecular weight is 402 g/mol. The van der Waals surface area contributed by atoms with E-state index >= 15 is 0 Å². The van der Waals surface area contributed by atoms with Gasteiger partial charge < -0.3 is 5.32 Å². The molecule has 1 aromatic carbocycles. The van der Waals surface area contributed by atoms with Crippen LogP contribution in [-0.4, -0.2) is 22.8 Å². The van der Waals surface area contributed by atoms with E-state index in [4.69, 9.17) is 12.2 Å². The Morgan fingerprint density at radius 1 is 1.36 bits per heavy atom. The molecule has 7 heteroatoms. The number of amides is 1. The zero-order valence-corrected chi connectivity index (χ0v) is 15.7. The van der Waals surface area contributed by atoms with E-state index in [-0.39, 0.29) is 5.91 Å². The van der Waals surface area contributed by atoms with E-state index in [1.165, 1.54) is 24.6 Å². The molecule has 1 aliphatic carbocycles. The Morgan fingerprint density at radius 2 is 2.09 bits per heavy atom. The fourth-order valence-electron chi connectivity index (χ4n) is 2.37. The van der Waals surface area contributed by atoms with Crippen LogP contribution in [0.4, 0.5) is 0 Å². The van der Waals surface area contributed by atoms with Gasteiger partial charge >= 0.3 is 0 Å². The van der Waals surface area contributed by atoms with Crippen LogP contribution in [0.15, 0.2) is 27.6 Å². The number of rotatable bonds is 4. The summed E-state index contributed by atoms with van der Waals surface area (Å²) in [6.45, 7) is 2.03. The number of carbonyl (C=O) groups is 1. The zero-order chi connectivity index (χ0) is 15.9. The summed E-state index contributed by atoms with van der Waals surface area (Å²) in [6.07, 6.45) is 4.79. The summed E-state index contributed by atoms with van der Waals surface area (Å²) in [5.41, 5.74) is 6.56. The van der Waals surface area contributed by atoms with Crippen molar-refractivity contribution in [3.8, 4) is 0 Å². The maximum Gasteiger partial charge on any atom is 0.248 e. The molecule has 1 amide bonds. The Kier molecular flexibility index (Phi) is 6.98. The number of hydrogen-bond donors (Lipinski definition) is 3. The third kappa shape index (κ3) is 5.78. The minimum Gasteiger partial charge on any atom is -0.359 e. The molecule has 1 fully saturated rings. The van der Waals surface area contributed by atoms with Gasteiger partial charge in [-0.15, -0.1) is 11.8 Å². The monoisotopic (exact) mass is 401 g/mol. The smallest absolute Gasteiger partial charge is 0.248 e. The molecular formula is C15H20BrN3OS2. The van der Waals surface area contributed by atoms with Crippen molar-refractivity contribution in [1.82, 2.24) is 16.2 Å². The van der Waals surface area contributed by atoms with Gasteiger partial charge in [-0.2, -0.15) is 0 Å². The summed E-state index contributed by atoms with van der Waals surface area (Å²) in [7, 11) is 0. The van der Waals surface area contributed by atoms with Gasteiger partial charge in [0.05, 0.1) is 5.75 Å². The first-order valence-electron chi connectivity index (χ1n) is 7.29. The molecule has 0 atom stereocenters. The number of hydrazine groups is 1. The number of halogens is 1. The van der Waals surface area contributed by atoms with Crippen molar-refractivity contribution >= 4 is 50.9 Å². The molecule has 4 nitrogen and oxygen atoms in total. The van der Waals surface area contributed by atoms with Gasteiger partial charge in [-0.05, 0) is 55.7 Å². The SMILES string of the molecule is Cc1cc(Br)ccc1SCC(=O)NNC(=S)NC1CCCC1. The van der Waals surface area contributed by atoms with Crippen molar-refractivity contribution < 1.29 is 4.79 Å². The molecule has 1 aromatic rings. The lowest BCUT2D eigenvalue weighted by atomic mass is 10.2. The number of hydrogen-bond acceptors (Lipinski definition) is 3. The molecule has 1 aliphatic rings. The second kappa shape index (κ2) is 8.74. The van der Waals surface area contributed by atoms with Gasteiger partial charge in [0.25, 0.3) is 0 Å². The first kappa shape index (κ1) is 17.6. The van der Waals surface area contributed by atoms with Crippen LogP contribution >= 0.6 is 39.9 Å². The molecule has 3 N–H and O–H groups in total. The lowest BCUT2D eigenvalue weighted by Gasteiger charge is -2.16. The molecule has 0 radical (unpaired) electrons. The highest BCUT2D eigenvalue weighted by atomic mass is 79.9. The summed E-state index contributed by atoms with van der Waals surface area (Å²) < 4.78 is 1.05. The van der Waals surface area contributed by atoms with Gasteiger partial charge in [-0.3, -0.25) is 15.6 Å². The van der Waals surface area contributed by atoms with E-state index < -0.39 is 0 Å². The van der Waals surface area contributed by atoms with Crippen LogP contribution in [0.3, 0.4) is 0 Å². The van der Waals surface area contributed by atoms with Crippen LogP contribution in [0.2, 0.25) is 0 Å². The second-order valence-corrected chi connectivity index (χ2v) is 7.67. The van der Waals surface area contributed by atoms with Gasteiger partial charge in [0, 0.05) is 15.4 Å². The Hall–Kier alpha value is -0.790. The molecule has 0 aliphatic heterocycles. The summed E-state index contributed by atoms with van der Waals surface area (Å²) >= 11 is 10.1. The predicted octanol–water partition coefficient (Wildman–Crippen LogP) is 3.29. The molecule has 0 spiro atoms. The third-order valence-corrected chi connectivity index (χ3v) is 5.39. The molecule has 0 bridgehead atoms. The minimum atomic E-state index is -0.0945. The van der Waals surface area contributed by atoms with E-state index in [0.29, 0.717) is 16.9 Å². The van der Waals surface area contributed by atoms with Gasteiger partial charge in [-0.1, -0.05) is 28.8 Å². The van der Waals surface area contributed by atoms with Crippen LogP contribution < -0.4 is 16.2 Å². The van der Waals surface area contributed by atoms with E-state index in [9.17, 15) is 4.79 Å². The largest absolute Gasteiger partial charge is 0.359 e. The first-order valence-corrected chi connectivity index (χ1v) is 9.47. The number of carbonyl (C=O) groups excluding carboxylic acids is 1. The van der Waals surface area contributed by atoms with Crippen molar-refractivity contribution in [2.24, 2.45) is 0 Å². The summed E-state index contributed by atoms with van der Waals surface area (Å²) in [5.74, 6) is 0.254. The van der Waals surface area contributed by atoms with Crippen molar-refractivity contribution in [1.29, 1.82) is 0 Å². The highest BCUT2D eigenvalue weighted by Gasteiger charge is 2.15. The summed E-state index contributed by atoms with van der Waals surface area (Å²) in [5, 5.41) is 3.71. The first-order chi connectivity index (χ1) is 10.5. The average Bonchev–Trinajstić information content (AvgIpc) is 2.97. The predicted molar refractivity (Wildman–Crippen MR) is 98.9 cm³/mol. The van der Waals surface area contributed by atoms with Gasteiger partial charge in [0.2, 0.25) is 5.91 Å². The van der Waals surface area contributed by atoms with Crippen molar-refractivity contribution in [3.63, 3.8) is 0 Å². The standard InChI is InChI=1S/C15H20BrN3OS2/c1-10-8-11(16)6-7-13(10)22-9-14(20)18-19-15(21)17-12-4-2-3-5-12/h6-8,12H,2-5,9H2,1H3,(H,18,20)(H2,17,19,21). The summed E-state index contributed by atoms with van der Waals surface area (Å²) in [6, 6.07) is 6.47. The van der Waals surface area contributed by atoms with Gasteiger partial charge in [-0.25, -0.2) is 0 Å². The second-order valence-electron chi connectivity index (χ2n) is 5.33. The maximum absolute atomic E-state index is 11.8. The lowest BCUT2D eigenvalue weighted by molar-refractivity contribution is -0.119. The topological polar surface area (TPSA) is 53.2 Å². The van der Waals surface area contributed by atoms with Crippen LogP contribution in [0, 0.1) is 6.92 Å². The van der Waals surface area contributed by atoms with Crippen LogP contribution in [0.5, 0.6) is 0 Å². The molecule has 0 aromatic heterocycles. The Morgan fingerprint density at radius 3 is 2.77 bits per heavy atom. The fourth-order valence-corrected chi connectivity index (χ4v) is 3.88. The van der Waals surface area contributed by atoms with Crippen molar-refractivity contribution in [3.05, 3.63) is 28.2 Å². The van der Waals surface area contributed by atoms with E-state index in [1.54, 1.807) is 0 Å². The maximum atomic E-state index is 11.8. The van der Waals surface area contributed by atoms with Crippen LogP contribution in [0.1, 0.15) is 31.2 Å². The summed E-state index contributed by atoms with van der Waals surface area (Å²) in [4.78, 5) is 12.9. The van der Waals surface area contributed by atoms with Gasteiger partial charge in [0.15, 0.2) is 5.11 Å². The number of nitrogens with one attached hydrogen (secondary N) is 3. The molecule has 0 unspecified atom stereocenters. The molecule has 1 saturated carbocycles. The van der Waals surface area contributed by atoms with E-state index in [0.717, 1.165) is 27.8 Å². The lowest BCUT2D eigenvalue weighted by Crippen LogP contribution is -2.49. The molecular weight excluding hydrogens is 382 g/mol. The van der Waals surface area contributed by atoms with Crippen molar-refractivity contribution in [2.45, 2.75) is 43.5 Å². The molecule has 0 saturated heterocycles. The van der Waals surface area contributed by atoms with Crippen LogP contribution in [-0.2, 0) is 4.79 Å². The molecule has 22 heavy (non-hydrogen) atoms. The molecule has 2 rings (SSSR count). The third-order valence-electron chi connectivity index (χ3n) is 3.50. The molecule has 120 valence electrons. The van der Waals surface area contributed by atoms with E-state index in [2.05, 4.69) is 32.1 Å². The normalized spacial score (nSPS) is 14.6. The van der Waals surface area contributed by atoms with Crippen LogP contribution in [0.25, 0.3) is 0 Å². The number of thioether (sulfide) groups is 1.